The van der Waals surface area contributed by atoms with Gasteiger partial charge in [0.05, 0.1) is 5.69 Å². The molecule has 0 amide bonds. The molecule has 0 bridgehead atoms. The summed E-state index contributed by atoms with van der Waals surface area (Å²) in [7, 11) is 0. The van der Waals surface area contributed by atoms with E-state index in [-0.39, 0.29) is 5.54 Å². The Balaban J connectivity index is 2.11. The average molecular weight is 289 g/mol. The van der Waals surface area contributed by atoms with Crippen molar-refractivity contribution in [2.45, 2.75) is 65.3 Å². The standard InChI is InChI=1S/C18H31N3/c1-13(2)14-6-7-15(11-21-18(3,4)5)16(10-14)17-12-19-8-9-20-17/h8-9,12-16,21H,6-7,10-11H2,1-5H3. The third-order valence-electron chi connectivity index (χ3n) is 4.83. The fourth-order valence-corrected chi connectivity index (χ4v) is 3.42. The maximum atomic E-state index is 4.60. The second-order valence-electron chi connectivity index (χ2n) is 7.94. The van der Waals surface area contributed by atoms with Crippen LogP contribution in [0.5, 0.6) is 0 Å². The molecule has 1 N–H and O–H groups in total. The molecule has 118 valence electrons. The predicted molar refractivity (Wildman–Crippen MR) is 88.2 cm³/mol. The molecule has 1 fully saturated rings. The zero-order valence-electron chi connectivity index (χ0n) is 14.3. The van der Waals surface area contributed by atoms with E-state index < -0.39 is 0 Å². The van der Waals surface area contributed by atoms with E-state index in [2.05, 4.69) is 49.9 Å². The quantitative estimate of drug-likeness (QED) is 0.909. The molecule has 1 aliphatic rings. The van der Waals surface area contributed by atoms with E-state index in [1.165, 1.54) is 25.0 Å². The van der Waals surface area contributed by atoms with Gasteiger partial charge in [0.2, 0.25) is 0 Å². The van der Waals surface area contributed by atoms with Crippen molar-refractivity contribution in [1.82, 2.24) is 15.3 Å². The van der Waals surface area contributed by atoms with Crippen molar-refractivity contribution >= 4 is 0 Å². The van der Waals surface area contributed by atoms with E-state index in [4.69, 9.17) is 0 Å². The Morgan fingerprint density at radius 2 is 2.00 bits per heavy atom. The first-order valence-corrected chi connectivity index (χ1v) is 8.38. The number of aromatic nitrogens is 2. The van der Waals surface area contributed by atoms with Crippen LogP contribution >= 0.6 is 0 Å². The smallest absolute Gasteiger partial charge is 0.0620 e. The number of hydrogen-bond donors (Lipinski definition) is 1. The fourth-order valence-electron chi connectivity index (χ4n) is 3.42. The van der Waals surface area contributed by atoms with Crippen molar-refractivity contribution in [2.24, 2.45) is 17.8 Å². The summed E-state index contributed by atoms with van der Waals surface area (Å²) in [6, 6.07) is 0. The highest BCUT2D eigenvalue weighted by Gasteiger charge is 2.34. The third-order valence-corrected chi connectivity index (χ3v) is 4.83. The molecule has 3 unspecified atom stereocenters. The van der Waals surface area contributed by atoms with Gasteiger partial charge in [0.1, 0.15) is 0 Å². The Morgan fingerprint density at radius 1 is 1.24 bits per heavy atom. The SMILES string of the molecule is CC(C)C1CCC(CNC(C)(C)C)C(c2cnccn2)C1. The molecule has 1 aliphatic carbocycles. The minimum Gasteiger partial charge on any atom is -0.312 e. The molecule has 0 spiro atoms. The van der Waals surface area contributed by atoms with Crippen molar-refractivity contribution in [3.63, 3.8) is 0 Å². The lowest BCUT2D eigenvalue weighted by Crippen LogP contribution is -2.42. The fraction of sp³-hybridized carbons (Fsp3) is 0.778. The lowest BCUT2D eigenvalue weighted by molar-refractivity contribution is 0.180. The zero-order chi connectivity index (χ0) is 15.5. The Hall–Kier alpha value is -0.960. The van der Waals surface area contributed by atoms with E-state index >= 15 is 0 Å². The normalized spacial score (nSPS) is 27.0. The summed E-state index contributed by atoms with van der Waals surface area (Å²) in [6.07, 6.45) is 9.49. The molecule has 1 saturated carbocycles. The maximum Gasteiger partial charge on any atom is 0.0620 e. The summed E-state index contributed by atoms with van der Waals surface area (Å²) in [4.78, 5) is 8.89. The maximum absolute atomic E-state index is 4.60. The van der Waals surface area contributed by atoms with Gasteiger partial charge >= 0.3 is 0 Å². The first kappa shape index (κ1) is 16.4. The molecule has 1 aromatic heterocycles. The summed E-state index contributed by atoms with van der Waals surface area (Å²) < 4.78 is 0. The van der Waals surface area contributed by atoms with Gasteiger partial charge in [-0.3, -0.25) is 9.97 Å². The molecule has 3 nitrogen and oxygen atoms in total. The van der Waals surface area contributed by atoms with Crippen LogP contribution in [0.25, 0.3) is 0 Å². The van der Waals surface area contributed by atoms with Crippen molar-refractivity contribution in [2.75, 3.05) is 6.54 Å². The highest BCUT2D eigenvalue weighted by molar-refractivity contribution is 5.08. The van der Waals surface area contributed by atoms with Gasteiger partial charge in [-0.2, -0.15) is 0 Å². The van der Waals surface area contributed by atoms with Gasteiger partial charge in [0.25, 0.3) is 0 Å². The van der Waals surface area contributed by atoms with Crippen molar-refractivity contribution in [3.05, 3.63) is 24.3 Å². The van der Waals surface area contributed by atoms with Crippen LogP contribution in [0, 0.1) is 17.8 Å². The van der Waals surface area contributed by atoms with Crippen LogP contribution in [0.4, 0.5) is 0 Å². The number of nitrogens with zero attached hydrogens (tertiary/aromatic N) is 2. The second kappa shape index (κ2) is 6.87. The highest BCUT2D eigenvalue weighted by atomic mass is 14.9. The average Bonchev–Trinajstić information content (AvgIpc) is 2.45. The first-order valence-electron chi connectivity index (χ1n) is 8.38. The number of rotatable bonds is 4. The van der Waals surface area contributed by atoms with Gasteiger partial charge in [-0.25, -0.2) is 0 Å². The summed E-state index contributed by atoms with van der Waals surface area (Å²) in [5.74, 6) is 2.81. The monoisotopic (exact) mass is 289 g/mol. The molecule has 3 heteroatoms. The van der Waals surface area contributed by atoms with Gasteiger partial charge in [0, 0.05) is 30.0 Å². The van der Waals surface area contributed by atoms with Gasteiger partial charge in [0.15, 0.2) is 0 Å². The molecule has 3 atom stereocenters. The molecule has 1 heterocycles. The molecule has 0 aromatic carbocycles. The Morgan fingerprint density at radius 3 is 2.57 bits per heavy atom. The number of hydrogen-bond acceptors (Lipinski definition) is 3. The van der Waals surface area contributed by atoms with Crippen LogP contribution in [-0.4, -0.2) is 22.1 Å². The van der Waals surface area contributed by atoms with Crippen LogP contribution < -0.4 is 5.32 Å². The molecule has 21 heavy (non-hydrogen) atoms. The van der Waals surface area contributed by atoms with Crippen LogP contribution in [0.3, 0.4) is 0 Å². The third kappa shape index (κ3) is 4.77. The minimum absolute atomic E-state index is 0.182. The largest absolute Gasteiger partial charge is 0.312 e. The lowest BCUT2D eigenvalue weighted by Gasteiger charge is -2.39. The Bertz CT molecular complexity index is 422. The summed E-state index contributed by atoms with van der Waals surface area (Å²) >= 11 is 0. The molecular weight excluding hydrogens is 258 g/mol. The van der Waals surface area contributed by atoms with Gasteiger partial charge < -0.3 is 5.32 Å². The predicted octanol–water partition coefficient (Wildman–Crippen LogP) is 4.02. The number of nitrogens with one attached hydrogen (secondary N) is 1. The molecule has 0 radical (unpaired) electrons. The molecule has 0 aliphatic heterocycles. The van der Waals surface area contributed by atoms with E-state index in [0.29, 0.717) is 11.8 Å². The van der Waals surface area contributed by atoms with Crippen molar-refractivity contribution in [1.29, 1.82) is 0 Å². The van der Waals surface area contributed by atoms with E-state index in [0.717, 1.165) is 18.4 Å². The Kier molecular flexibility index (Phi) is 5.37. The van der Waals surface area contributed by atoms with Gasteiger partial charge in [-0.05, 0) is 64.3 Å². The van der Waals surface area contributed by atoms with Crippen LogP contribution in [0.2, 0.25) is 0 Å². The van der Waals surface area contributed by atoms with E-state index in [1.54, 1.807) is 6.20 Å². The van der Waals surface area contributed by atoms with E-state index in [9.17, 15) is 0 Å². The molecule has 0 saturated heterocycles. The van der Waals surface area contributed by atoms with Crippen LogP contribution in [-0.2, 0) is 0 Å². The lowest BCUT2D eigenvalue weighted by atomic mass is 9.69. The van der Waals surface area contributed by atoms with Crippen LogP contribution in [0.15, 0.2) is 18.6 Å². The van der Waals surface area contributed by atoms with Crippen LogP contribution in [0.1, 0.15) is 65.5 Å². The van der Waals surface area contributed by atoms with Gasteiger partial charge in [-0.15, -0.1) is 0 Å². The van der Waals surface area contributed by atoms with Crippen molar-refractivity contribution in [3.8, 4) is 0 Å². The topological polar surface area (TPSA) is 37.8 Å². The molecular formula is C18H31N3. The summed E-state index contributed by atoms with van der Waals surface area (Å²) in [6.45, 7) is 12.5. The van der Waals surface area contributed by atoms with Gasteiger partial charge in [-0.1, -0.05) is 13.8 Å². The zero-order valence-corrected chi connectivity index (χ0v) is 14.3. The first-order chi connectivity index (χ1) is 9.87. The van der Waals surface area contributed by atoms with Crippen molar-refractivity contribution < 1.29 is 0 Å². The summed E-state index contributed by atoms with van der Waals surface area (Å²) in [5, 5.41) is 3.69. The Labute approximate surface area is 130 Å². The molecule has 2 rings (SSSR count). The summed E-state index contributed by atoms with van der Waals surface area (Å²) in [5.41, 5.74) is 1.37. The highest BCUT2D eigenvalue weighted by Crippen LogP contribution is 2.42. The van der Waals surface area contributed by atoms with E-state index in [1.807, 2.05) is 12.4 Å². The molecule has 1 aromatic rings. The minimum atomic E-state index is 0.182. The second-order valence-corrected chi connectivity index (χ2v) is 7.94.